The first-order valence-corrected chi connectivity index (χ1v) is 7.56. The zero-order valence-corrected chi connectivity index (χ0v) is 11.8. The lowest BCUT2D eigenvalue weighted by Crippen LogP contribution is -2.42. The molecule has 104 valence electrons. The van der Waals surface area contributed by atoms with Gasteiger partial charge in [-0.15, -0.1) is 0 Å². The average Bonchev–Trinajstić information content (AvgIpc) is 2.94. The van der Waals surface area contributed by atoms with Gasteiger partial charge in [0.1, 0.15) is 0 Å². The van der Waals surface area contributed by atoms with Gasteiger partial charge in [-0.1, -0.05) is 12.1 Å². The Morgan fingerprint density at radius 1 is 1.37 bits per heavy atom. The molecule has 19 heavy (non-hydrogen) atoms. The second kappa shape index (κ2) is 5.83. The smallest absolute Gasteiger partial charge is 0.0605 e. The third-order valence-electron chi connectivity index (χ3n) is 4.28. The van der Waals surface area contributed by atoms with Gasteiger partial charge in [0.2, 0.25) is 0 Å². The van der Waals surface area contributed by atoms with E-state index in [1.165, 1.54) is 37.1 Å². The summed E-state index contributed by atoms with van der Waals surface area (Å²) >= 11 is 0. The van der Waals surface area contributed by atoms with Crippen LogP contribution in [0.2, 0.25) is 0 Å². The Kier molecular flexibility index (Phi) is 3.92. The van der Waals surface area contributed by atoms with Crippen LogP contribution in [0.25, 0.3) is 0 Å². The van der Waals surface area contributed by atoms with Gasteiger partial charge in [-0.2, -0.15) is 0 Å². The van der Waals surface area contributed by atoms with Gasteiger partial charge >= 0.3 is 0 Å². The Morgan fingerprint density at radius 3 is 3.11 bits per heavy atom. The number of nitrogens with zero attached hydrogens (tertiary/aromatic N) is 1. The molecule has 0 spiro atoms. The molecule has 0 aromatic heterocycles. The van der Waals surface area contributed by atoms with Crippen molar-refractivity contribution in [1.82, 2.24) is 0 Å². The zero-order valence-electron chi connectivity index (χ0n) is 11.8. The number of anilines is 2. The number of nitrogens with one attached hydrogen (secondary N) is 1. The summed E-state index contributed by atoms with van der Waals surface area (Å²) < 4.78 is 5.71. The fourth-order valence-electron chi connectivity index (χ4n) is 3.18. The number of ether oxygens (including phenoxy) is 1. The number of hydrogen-bond donors (Lipinski definition) is 1. The predicted octanol–water partition coefficient (Wildman–Crippen LogP) is 3.27. The minimum Gasteiger partial charge on any atom is -0.381 e. The highest BCUT2D eigenvalue weighted by Gasteiger charge is 2.22. The molecule has 3 heteroatoms. The van der Waals surface area contributed by atoms with Crippen LogP contribution in [0.1, 0.15) is 32.6 Å². The summed E-state index contributed by atoms with van der Waals surface area (Å²) in [7, 11) is 0. The fourth-order valence-corrected chi connectivity index (χ4v) is 3.18. The van der Waals surface area contributed by atoms with Crippen molar-refractivity contribution in [3.05, 3.63) is 24.3 Å². The fraction of sp³-hybridized carbons (Fsp3) is 0.625. The third-order valence-corrected chi connectivity index (χ3v) is 4.28. The molecule has 3 nitrogen and oxygen atoms in total. The van der Waals surface area contributed by atoms with E-state index in [-0.39, 0.29) is 0 Å². The second-order valence-electron chi connectivity index (χ2n) is 5.72. The Balaban J connectivity index is 1.59. The van der Waals surface area contributed by atoms with E-state index < -0.39 is 0 Å². The van der Waals surface area contributed by atoms with Crippen molar-refractivity contribution < 1.29 is 4.74 Å². The van der Waals surface area contributed by atoms with Crippen molar-refractivity contribution in [1.29, 1.82) is 0 Å². The summed E-state index contributed by atoms with van der Waals surface area (Å²) in [5.41, 5.74) is 2.63. The molecule has 0 bridgehead atoms. The van der Waals surface area contributed by atoms with Gasteiger partial charge in [0.05, 0.1) is 17.5 Å². The molecule has 2 aliphatic rings. The van der Waals surface area contributed by atoms with Crippen LogP contribution in [0, 0.1) is 0 Å². The molecular weight excluding hydrogens is 236 g/mol. The average molecular weight is 260 g/mol. The topological polar surface area (TPSA) is 24.5 Å². The van der Waals surface area contributed by atoms with Gasteiger partial charge in [0.25, 0.3) is 0 Å². The highest BCUT2D eigenvalue weighted by atomic mass is 16.5. The van der Waals surface area contributed by atoms with Gasteiger partial charge in [-0.3, -0.25) is 0 Å². The van der Waals surface area contributed by atoms with Crippen LogP contribution in [0.4, 0.5) is 11.4 Å². The first-order valence-electron chi connectivity index (χ1n) is 7.56. The van der Waals surface area contributed by atoms with E-state index in [0.717, 1.165) is 19.7 Å². The van der Waals surface area contributed by atoms with Gasteiger partial charge in [-0.05, 0) is 44.7 Å². The number of hydrogen-bond acceptors (Lipinski definition) is 3. The predicted molar refractivity (Wildman–Crippen MR) is 79.9 cm³/mol. The molecule has 1 aromatic carbocycles. The van der Waals surface area contributed by atoms with Crippen molar-refractivity contribution in [2.24, 2.45) is 0 Å². The SMILES string of the molecule is CC1CNc2ccccc2N1CCCC1CCCO1. The normalized spacial score (nSPS) is 26.1. The Labute approximate surface area is 115 Å². The molecule has 1 aromatic rings. The largest absolute Gasteiger partial charge is 0.381 e. The molecule has 1 N–H and O–H groups in total. The van der Waals surface area contributed by atoms with Crippen molar-refractivity contribution in [3.63, 3.8) is 0 Å². The molecule has 2 atom stereocenters. The molecule has 0 amide bonds. The van der Waals surface area contributed by atoms with E-state index in [0.29, 0.717) is 12.1 Å². The standard InChI is InChI=1S/C16H24N2O/c1-13-12-17-15-8-2-3-9-16(15)18(13)10-4-6-14-7-5-11-19-14/h2-3,8-9,13-14,17H,4-7,10-12H2,1H3. The summed E-state index contributed by atoms with van der Waals surface area (Å²) in [5.74, 6) is 0. The lowest BCUT2D eigenvalue weighted by molar-refractivity contribution is 0.103. The van der Waals surface area contributed by atoms with Crippen molar-refractivity contribution >= 4 is 11.4 Å². The maximum atomic E-state index is 5.71. The highest BCUT2D eigenvalue weighted by Crippen LogP contribution is 2.31. The number of para-hydroxylation sites is 2. The quantitative estimate of drug-likeness (QED) is 0.899. The van der Waals surface area contributed by atoms with Gasteiger partial charge < -0.3 is 15.0 Å². The number of rotatable bonds is 4. The summed E-state index contributed by atoms with van der Waals surface area (Å²) in [6.07, 6.45) is 5.46. The van der Waals surface area contributed by atoms with Crippen LogP contribution >= 0.6 is 0 Å². The van der Waals surface area contributed by atoms with E-state index >= 15 is 0 Å². The molecule has 2 heterocycles. The second-order valence-corrected chi connectivity index (χ2v) is 5.72. The summed E-state index contributed by atoms with van der Waals surface area (Å²) in [5, 5.41) is 3.51. The van der Waals surface area contributed by atoms with Crippen molar-refractivity contribution in [2.45, 2.75) is 44.8 Å². The molecule has 3 rings (SSSR count). The van der Waals surface area contributed by atoms with E-state index in [1.54, 1.807) is 0 Å². The van der Waals surface area contributed by atoms with E-state index in [4.69, 9.17) is 4.74 Å². The molecule has 1 fully saturated rings. The summed E-state index contributed by atoms with van der Waals surface area (Å²) in [6.45, 7) is 5.45. The lowest BCUT2D eigenvalue weighted by atomic mass is 10.1. The minimum absolute atomic E-state index is 0.522. The first kappa shape index (κ1) is 12.8. The van der Waals surface area contributed by atoms with Gasteiger partial charge in [0, 0.05) is 25.7 Å². The van der Waals surface area contributed by atoms with Crippen LogP contribution in [-0.2, 0) is 4.74 Å². The molecular formula is C16H24N2O. The maximum Gasteiger partial charge on any atom is 0.0605 e. The molecule has 0 radical (unpaired) electrons. The lowest BCUT2D eigenvalue weighted by Gasteiger charge is -2.38. The van der Waals surface area contributed by atoms with Crippen LogP contribution in [0.15, 0.2) is 24.3 Å². The van der Waals surface area contributed by atoms with Crippen molar-refractivity contribution in [3.8, 4) is 0 Å². The van der Waals surface area contributed by atoms with Crippen molar-refractivity contribution in [2.75, 3.05) is 29.9 Å². The van der Waals surface area contributed by atoms with E-state index in [2.05, 4.69) is 41.4 Å². The van der Waals surface area contributed by atoms with Crippen LogP contribution in [0.3, 0.4) is 0 Å². The van der Waals surface area contributed by atoms with E-state index in [1.807, 2.05) is 0 Å². The molecule has 2 unspecified atom stereocenters. The van der Waals surface area contributed by atoms with E-state index in [9.17, 15) is 0 Å². The number of fused-ring (bicyclic) bond motifs is 1. The Morgan fingerprint density at radius 2 is 2.26 bits per heavy atom. The molecule has 1 saturated heterocycles. The molecule has 2 aliphatic heterocycles. The Bertz CT molecular complexity index is 415. The Hall–Kier alpha value is -1.22. The van der Waals surface area contributed by atoms with Crippen LogP contribution in [-0.4, -0.2) is 31.8 Å². The number of benzene rings is 1. The first-order chi connectivity index (χ1) is 9.34. The minimum atomic E-state index is 0.522. The highest BCUT2D eigenvalue weighted by molar-refractivity contribution is 5.72. The van der Waals surface area contributed by atoms with Gasteiger partial charge in [-0.25, -0.2) is 0 Å². The summed E-state index contributed by atoms with van der Waals surface area (Å²) in [4.78, 5) is 2.54. The zero-order chi connectivity index (χ0) is 13.1. The maximum absolute atomic E-state index is 5.71. The summed E-state index contributed by atoms with van der Waals surface area (Å²) in [6, 6.07) is 9.20. The molecule has 0 aliphatic carbocycles. The van der Waals surface area contributed by atoms with Crippen LogP contribution < -0.4 is 10.2 Å². The van der Waals surface area contributed by atoms with Gasteiger partial charge in [0.15, 0.2) is 0 Å². The van der Waals surface area contributed by atoms with Crippen LogP contribution in [0.5, 0.6) is 0 Å². The third kappa shape index (κ3) is 2.86. The monoisotopic (exact) mass is 260 g/mol. The molecule has 0 saturated carbocycles.